The fourth-order valence-corrected chi connectivity index (χ4v) is 3.21. The number of hydrogen-bond acceptors (Lipinski definition) is 4. The highest BCUT2D eigenvalue weighted by atomic mass is 35.5. The van der Waals surface area contributed by atoms with E-state index in [1.54, 1.807) is 19.2 Å². The summed E-state index contributed by atoms with van der Waals surface area (Å²) in [5.41, 5.74) is 3.69. The Morgan fingerprint density at radius 3 is 2.22 bits per heavy atom. The molecule has 32 heavy (non-hydrogen) atoms. The second kappa shape index (κ2) is 11.1. The van der Waals surface area contributed by atoms with Gasteiger partial charge in [-0.3, -0.25) is 4.79 Å². The van der Waals surface area contributed by atoms with E-state index in [1.807, 2.05) is 62.4 Å². The molecule has 3 aromatic rings. The lowest BCUT2D eigenvalue weighted by molar-refractivity contribution is -0.118. The third-order valence-corrected chi connectivity index (χ3v) is 5.52. The standard InChI is InChI=1S/C25H26Cl2N2O3/c1-16(2)25(30)29-20-8-6-19(7-9-20)28-14-17-5-11-23(24(13-17)31-3)32-15-18-4-10-21(26)22(27)12-18/h4-13,16,28H,14-15H2,1-3H3,(H,29,30). The summed E-state index contributed by atoms with van der Waals surface area (Å²) in [6.45, 7) is 4.69. The fraction of sp³-hybridized carbons (Fsp3) is 0.240. The smallest absolute Gasteiger partial charge is 0.226 e. The molecular weight excluding hydrogens is 447 g/mol. The van der Waals surface area contributed by atoms with Gasteiger partial charge in [0.15, 0.2) is 11.5 Å². The summed E-state index contributed by atoms with van der Waals surface area (Å²) in [6.07, 6.45) is 0. The zero-order chi connectivity index (χ0) is 23.1. The first kappa shape index (κ1) is 23.8. The van der Waals surface area contributed by atoms with Crippen molar-refractivity contribution >= 4 is 40.5 Å². The molecule has 0 aliphatic heterocycles. The SMILES string of the molecule is COc1cc(CNc2ccc(NC(=O)C(C)C)cc2)ccc1OCc1ccc(Cl)c(Cl)c1. The average molecular weight is 473 g/mol. The van der Waals surface area contributed by atoms with E-state index in [1.165, 1.54) is 0 Å². The first-order chi connectivity index (χ1) is 15.4. The molecule has 3 rings (SSSR count). The first-order valence-corrected chi connectivity index (χ1v) is 11.0. The topological polar surface area (TPSA) is 59.6 Å². The number of carbonyl (C=O) groups excluding carboxylic acids is 1. The Balaban J connectivity index is 1.58. The van der Waals surface area contributed by atoms with Crippen molar-refractivity contribution < 1.29 is 14.3 Å². The second-order valence-electron chi connectivity index (χ2n) is 7.60. The molecule has 0 spiro atoms. The van der Waals surface area contributed by atoms with E-state index in [2.05, 4.69) is 10.6 Å². The molecule has 0 aliphatic rings. The van der Waals surface area contributed by atoms with E-state index in [0.29, 0.717) is 34.7 Å². The number of halogens is 2. The summed E-state index contributed by atoms with van der Waals surface area (Å²) >= 11 is 12.0. The van der Waals surface area contributed by atoms with Crippen LogP contribution in [-0.4, -0.2) is 13.0 Å². The Labute approximate surface area is 198 Å². The lowest BCUT2D eigenvalue weighted by atomic mass is 10.2. The van der Waals surface area contributed by atoms with Gasteiger partial charge in [0.05, 0.1) is 17.2 Å². The predicted molar refractivity (Wildman–Crippen MR) is 131 cm³/mol. The third-order valence-electron chi connectivity index (χ3n) is 4.78. The molecule has 0 saturated heterocycles. The highest BCUT2D eigenvalue weighted by Crippen LogP contribution is 2.30. The van der Waals surface area contributed by atoms with Gasteiger partial charge in [-0.2, -0.15) is 0 Å². The number of carbonyl (C=O) groups is 1. The molecule has 0 aliphatic carbocycles. The third kappa shape index (κ3) is 6.55. The molecular formula is C25H26Cl2N2O3. The zero-order valence-electron chi connectivity index (χ0n) is 18.2. The summed E-state index contributed by atoms with van der Waals surface area (Å²) < 4.78 is 11.4. The molecule has 7 heteroatoms. The van der Waals surface area contributed by atoms with Gasteiger partial charge in [0.2, 0.25) is 5.91 Å². The lowest BCUT2D eigenvalue weighted by Gasteiger charge is -2.14. The number of anilines is 2. The number of hydrogen-bond donors (Lipinski definition) is 2. The molecule has 0 heterocycles. The van der Waals surface area contributed by atoms with Crippen LogP contribution in [0.15, 0.2) is 60.7 Å². The number of benzene rings is 3. The molecule has 0 saturated carbocycles. The average Bonchev–Trinajstić information content (AvgIpc) is 2.79. The van der Waals surface area contributed by atoms with Crippen LogP contribution in [0.2, 0.25) is 10.0 Å². The zero-order valence-corrected chi connectivity index (χ0v) is 19.8. The Hall–Kier alpha value is -2.89. The van der Waals surface area contributed by atoms with Crippen LogP contribution in [0.3, 0.4) is 0 Å². The number of rotatable bonds is 9. The molecule has 0 radical (unpaired) electrons. The molecule has 0 atom stereocenters. The molecule has 5 nitrogen and oxygen atoms in total. The summed E-state index contributed by atoms with van der Waals surface area (Å²) in [4.78, 5) is 11.8. The largest absolute Gasteiger partial charge is 0.493 e. The van der Waals surface area contributed by atoms with Gasteiger partial charge in [0, 0.05) is 23.8 Å². The predicted octanol–water partition coefficient (Wildman–Crippen LogP) is 6.79. The molecule has 168 valence electrons. The Morgan fingerprint density at radius 1 is 0.875 bits per heavy atom. The van der Waals surface area contributed by atoms with Crippen LogP contribution in [-0.2, 0) is 17.9 Å². The van der Waals surface area contributed by atoms with E-state index in [4.69, 9.17) is 32.7 Å². The van der Waals surface area contributed by atoms with Crippen molar-refractivity contribution in [2.45, 2.75) is 27.0 Å². The van der Waals surface area contributed by atoms with Crippen LogP contribution in [0.1, 0.15) is 25.0 Å². The van der Waals surface area contributed by atoms with E-state index in [-0.39, 0.29) is 11.8 Å². The fourth-order valence-electron chi connectivity index (χ4n) is 2.89. The maximum Gasteiger partial charge on any atom is 0.226 e. The van der Waals surface area contributed by atoms with Crippen molar-refractivity contribution in [3.05, 3.63) is 81.8 Å². The van der Waals surface area contributed by atoms with Gasteiger partial charge in [-0.25, -0.2) is 0 Å². The number of amides is 1. The van der Waals surface area contributed by atoms with Crippen LogP contribution >= 0.6 is 23.2 Å². The minimum Gasteiger partial charge on any atom is -0.493 e. The maximum atomic E-state index is 11.8. The molecule has 0 fully saturated rings. The quantitative estimate of drug-likeness (QED) is 0.359. The highest BCUT2D eigenvalue weighted by Gasteiger charge is 2.09. The minimum absolute atomic E-state index is 0.000673. The minimum atomic E-state index is -0.0567. The molecule has 1 amide bonds. The van der Waals surface area contributed by atoms with Crippen LogP contribution < -0.4 is 20.1 Å². The van der Waals surface area contributed by atoms with Crippen LogP contribution in [0.25, 0.3) is 0 Å². The Morgan fingerprint density at radius 2 is 1.56 bits per heavy atom. The van der Waals surface area contributed by atoms with Gasteiger partial charge in [-0.15, -0.1) is 0 Å². The van der Waals surface area contributed by atoms with Crippen molar-refractivity contribution in [1.82, 2.24) is 0 Å². The van der Waals surface area contributed by atoms with Gasteiger partial charge in [0.25, 0.3) is 0 Å². The van der Waals surface area contributed by atoms with Gasteiger partial charge < -0.3 is 20.1 Å². The first-order valence-electron chi connectivity index (χ1n) is 10.2. The Bertz CT molecular complexity index is 1070. The summed E-state index contributed by atoms with van der Waals surface area (Å²) in [6, 6.07) is 18.8. The van der Waals surface area contributed by atoms with Crippen molar-refractivity contribution in [1.29, 1.82) is 0 Å². The molecule has 3 aromatic carbocycles. The van der Waals surface area contributed by atoms with Gasteiger partial charge >= 0.3 is 0 Å². The lowest BCUT2D eigenvalue weighted by Crippen LogP contribution is -2.17. The van der Waals surface area contributed by atoms with Crippen molar-refractivity contribution in [2.75, 3.05) is 17.7 Å². The van der Waals surface area contributed by atoms with E-state index in [9.17, 15) is 4.79 Å². The van der Waals surface area contributed by atoms with Crippen molar-refractivity contribution in [3.63, 3.8) is 0 Å². The van der Waals surface area contributed by atoms with Crippen LogP contribution in [0, 0.1) is 5.92 Å². The summed E-state index contributed by atoms with van der Waals surface area (Å²) in [5, 5.41) is 7.26. The normalized spacial score (nSPS) is 10.7. The highest BCUT2D eigenvalue weighted by molar-refractivity contribution is 6.42. The Kier molecular flexibility index (Phi) is 8.26. The maximum absolute atomic E-state index is 11.8. The monoisotopic (exact) mass is 472 g/mol. The van der Waals surface area contributed by atoms with Gasteiger partial charge in [-0.05, 0) is 59.7 Å². The van der Waals surface area contributed by atoms with E-state index >= 15 is 0 Å². The van der Waals surface area contributed by atoms with E-state index in [0.717, 1.165) is 22.5 Å². The molecule has 0 aromatic heterocycles. The molecule has 0 unspecified atom stereocenters. The second-order valence-corrected chi connectivity index (χ2v) is 8.41. The molecule has 2 N–H and O–H groups in total. The number of ether oxygens (including phenoxy) is 2. The van der Waals surface area contributed by atoms with Gasteiger partial charge in [0.1, 0.15) is 6.61 Å². The number of nitrogens with one attached hydrogen (secondary N) is 2. The van der Waals surface area contributed by atoms with Crippen LogP contribution in [0.5, 0.6) is 11.5 Å². The molecule has 0 bridgehead atoms. The summed E-state index contributed by atoms with van der Waals surface area (Å²) in [7, 11) is 1.61. The number of methoxy groups -OCH3 is 1. The van der Waals surface area contributed by atoms with Crippen molar-refractivity contribution in [3.8, 4) is 11.5 Å². The van der Waals surface area contributed by atoms with E-state index < -0.39 is 0 Å². The summed E-state index contributed by atoms with van der Waals surface area (Å²) in [5.74, 6) is 1.24. The van der Waals surface area contributed by atoms with Crippen LogP contribution in [0.4, 0.5) is 11.4 Å². The van der Waals surface area contributed by atoms with Gasteiger partial charge in [-0.1, -0.05) is 49.2 Å². The van der Waals surface area contributed by atoms with Crippen molar-refractivity contribution in [2.24, 2.45) is 5.92 Å².